The summed E-state index contributed by atoms with van der Waals surface area (Å²) in [5, 5.41) is 2.72. The Kier molecular flexibility index (Phi) is 11.1. The molecule has 9 nitrogen and oxygen atoms in total. The number of urea groups is 1. The summed E-state index contributed by atoms with van der Waals surface area (Å²) in [4.78, 5) is 31.9. The van der Waals surface area contributed by atoms with E-state index in [2.05, 4.69) is 23.7 Å². The molecule has 246 valence electrons. The fourth-order valence-corrected chi connectivity index (χ4v) is 5.65. The normalized spacial score (nSPS) is 11.9. The number of carbonyl (C=O) groups excluding carboxylic acids is 2. The topological polar surface area (TPSA) is 113 Å². The fourth-order valence-electron chi connectivity index (χ4n) is 5.18. The molecule has 0 saturated carbocycles. The van der Waals surface area contributed by atoms with Gasteiger partial charge in [-0.25, -0.2) is 14.5 Å². The van der Waals surface area contributed by atoms with Crippen molar-refractivity contribution in [2.45, 2.75) is 64.4 Å². The Morgan fingerprint density at radius 1 is 0.935 bits per heavy atom. The number of carbonyl (C=O) groups is 2. The van der Waals surface area contributed by atoms with Crippen molar-refractivity contribution in [3.05, 3.63) is 83.7 Å². The van der Waals surface area contributed by atoms with Gasteiger partial charge < -0.3 is 9.88 Å². The van der Waals surface area contributed by atoms with E-state index >= 15 is 0 Å². The van der Waals surface area contributed by atoms with Crippen LogP contribution in [0.3, 0.4) is 0 Å². The lowest BCUT2D eigenvalue weighted by Gasteiger charge is -2.22. The Balaban J connectivity index is 1.63. The van der Waals surface area contributed by atoms with Crippen LogP contribution in [-0.4, -0.2) is 49.0 Å². The molecule has 4 rings (SSSR count). The molecule has 0 fully saturated rings. The highest BCUT2D eigenvalue weighted by molar-refractivity contribution is 7.90. The van der Waals surface area contributed by atoms with E-state index in [1.54, 1.807) is 30.1 Å². The number of amides is 3. The molecule has 3 aromatic carbocycles. The van der Waals surface area contributed by atoms with Gasteiger partial charge in [-0.1, -0.05) is 75.6 Å². The van der Waals surface area contributed by atoms with E-state index in [9.17, 15) is 31.2 Å². The van der Waals surface area contributed by atoms with Crippen LogP contribution in [0.2, 0.25) is 0 Å². The van der Waals surface area contributed by atoms with Gasteiger partial charge in [0.25, 0.3) is 5.91 Å². The predicted molar refractivity (Wildman–Crippen MR) is 173 cm³/mol. The molecule has 0 radical (unpaired) electrons. The molecule has 0 aliphatic heterocycles. The Morgan fingerprint density at radius 2 is 1.63 bits per heavy atom. The molecule has 3 amide bonds. The van der Waals surface area contributed by atoms with Crippen LogP contribution in [0.15, 0.2) is 66.7 Å². The van der Waals surface area contributed by atoms with Crippen molar-refractivity contribution in [3.63, 3.8) is 0 Å². The van der Waals surface area contributed by atoms with Crippen molar-refractivity contribution in [2.75, 3.05) is 18.5 Å². The molecule has 46 heavy (non-hydrogen) atoms. The smallest absolute Gasteiger partial charge is 0.341 e. The van der Waals surface area contributed by atoms with Crippen LogP contribution in [-0.2, 0) is 23.0 Å². The van der Waals surface area contributed by atoms with E-state index in [0.717, 1.165) is 71.4 Å². The average Bonchev–Trinajstić information content (AvgIpc) is 3.37. The lowest BCUT2D eigenvalue weighted by Crippen LogP contribution is -2.40. The van der Waals surface area contributed by atoms with Crippen molar-refractivity contribution in [2.24, 2.45) is 0 Å². The summed E-state index contributed by atoms with van der Waals surface area (Å²) >= 11 is 0. The first kappa shape index (κ1) is 34.5. The molecule has 0 bridgehead atoms. The number of aryl methyl sites for hydroxylation is 1. The molecule has 4 aromatic rings. The largest absolute Gasteiger partial charge is 0.516 e. The van der Waals surface area contributed by atoms with E-state index < -0.39 is 21.4 Å². The number of aromatic nitrogens is 2. The quantitative estimate of drug-likeness (QED) is 0.150. The zero-order chi connectivity index (χ0) is 33.5. The van der Waals surface area contributed by atoms with E-state index in [1.807, 2.05) is 30.3 Å². The minimum atomic E-state index is -5.86. The summed E-state index contributed by atoms with van der Waals surface area (Å²) in [5.74, 6) is -0.467. The van der Waals surface area contributed by atoms with Crippen molar-refractivity contribution in [1.29, 1.82) is 0 Å². The molecule has 0 aliphatic rings. The number of benzene rings is 3. The van der Waals surface area contributed by atoms with E-state index in [0.29, 0.717) is 18.7 Å². The molecule has 1 heterocycles. The van der Waals surface area contributed by atoms with Crippen LogP contribution in [0.25, 0.3) is 22.2 Å². The van der Waals surface area contributed by atoms with E-state index in [1.165, 1.54) is 18.2 Å². The minimum absolute atomic E-state index is 0.179. The molecule has 0 aliphatic carbocycles. The first-order chi connectivity index (χ1) is 21.9. The number of rotatable bonds is 13. The zero-order valence-corrected chi connectivity index (χ0v) is 26.8. The second-order valence-corrected chi connectivity index (χ2v) is 12.6. The SMILES string of the molecule is CCCCCN(C(=O)NC)c1ccc2c(c1)nc(CCCC)n2Cc1ccc(-c2ccccc2C(=O)NS(=O)(=O)C(F)(F)F)cc1. The molecule has 13 heteroatoms. The molecule has 2 N–H and O–H groups in total. The van der Waals surface area contributed by atoms with Gasteiger partial charge in [-0.15, -0.1) is 0 Å². The van der Waals surface area contributed by atoms with Gasteiger partial charge in [-0.2, -0.15) is 21.6 Å². The summed E-state index contributed by atoms with van der Waals surface area (Å²) in [6.45, 7) is 5.30. The number of hydrogen-bond donors (Lipinski definition) is 2. The summed E-state index contributed by atoms with van der Waals surface area (Å²) < 4.78 is 64.9. The van der Waals surface area contributed by atoms with Gasteiger partial charge in [0.05, 0.1) is 11.0 Å². The number of sulfonamides is 1. The van der Waals surface area contributed by atoms with Crippen LogP contribution in [0.1, 0.15) is 67.7 Å². The summed E-state index contributed by atoms with van der Waals surface area (Å²) in [6, 6.07) is 18.7. The Labute approximate surface area is 266 Å². The third kappa shape index (κ3) is 7.87. The minimum Gasteiger partial charge on any atom is -0.341 e. The van der Waals surface area contributed by atoms with Crippen molar-refractivity contribution in [3.8, 4) is 11.1 Å². The molecule has 0 spiro atoms. The molecule has 1 aromatic heterocycles. The number of alkyl halides is 3. The number of halogens is 3. The van der Waals surface area contributed by atoms with Gasteiger partial charge >= 0.3 is 21.6 Å². The lowest BCUT2D eigenvalue weighted by atomic mass is 9.98. The number of fused-ring (bicyclic) bond motifs is 1. The maximum atomic E-state index is 12.9. The van der Waals surface area contributed by atoms with Gasteiger partial charge in [0.1, 0.15) is 5.82 Å². The van der Waals surface area contributed by atoms with Crippen LogP contribution in [0, 0.1) is 0 Å². The summed E-state index contributed by atoms with van der Waals surface area (Å²) in [5.41, 5.74) is -1.64. The monoisotopic (exact) mass is 657 g/mol. The maximum Gasteiger partial charge on any atom is 0.516 e. The number of hydrogen-bond acceptors (Lipinski definition) is 5. The first-order valence-corrected chi connectivity index (χ1v) is 16.7. The van der Waals surface area contributed by atoms with Gasteiger partial charge in [0, 0.05) is 37.8 Å². The lowest BCUT2D eigenvalue weighted by molar-refractivity contribution is -0.0446. The van der Waals surface area contributed by atoms with Crippen molar-refractivity contribution < 1.29 is 31.2 Å². The van der Waals surface area contributed by atoms with E-state index in [4.69, 9.17) is 4.98 Å². The third-order valence-corrected chi connectivity index (χ3v) is 8.69. The van der Waals surface area contributed by atoms with Crippen molar-refractivity contribution >= 4 is 38.7 Å². The average molecular weight is 658 g/mol. The van der Waals surface area contributed by atoms with Crippen LogP contribution >= 0.6 is 0 Å². The number of anilines is 1. The number of nitrogens with one attached hydrogen (secondary N) is 2. The Morgan fingerprint density at radius 3 is 2.28 bits per heavy atom. The van der Waals surface area contributed by atoms with E-state index in [-0.39, 0.29) is 17.2 Å². The van der Waals surface area contributed by atoms with Gasteiger partial charge in [0.15, 0.2) is 0 Å². The summed E-state index contributed by atoms with van der Waals surface area (Å²) in [6.07, 6.45) is 5.64. The second kappa shape index (κ2) is 14.8. The number of unbranched alkanes of at least 4 members (excludes halogenated alkanes) is 3. The van der Waals surface area contributed by atoms with Crippen LogP contribution in [0.5, 0.6) is 0 Å². The number of nitrogens with zero attached hydrogens (tertiary/aromatic N) is 3. The standard InChI is InChI=1S/C33H38F3N5O4S/c1-4-6-10-20-40(32(43)37-3)25-18-19-29-28(21-25)38-30(13-7-5-2)41(29)22-23-14-16-24(17-15-23)26-11-8-9-12-27(26)31(42)39-46(44,45)33(34,35)36/h8-9,11-12,14-19,21H,4-7,10,13,20,22H2,1-3H3,(H,37,43)(H,39,42). The summed E-state index contributed by atoms with van der Waals surface area (Å²) in [7, 11) is -4.24. The van der Waals surface area contributed by atoms with Crippen LogP contribution < -0.4 is 14.9 Å². The highest BCUT2D eigenvalue weighted by Crippen LogP contribution is 2.29. The molecule has 0 unspecified atom stereocenters. The highest BCUT2D eigenvalue weighted by atomic mass is 32.2. The van der Waals surface area contributed by atoms with Gasteiger partial charge in [-0.3, -0.25) is 9.69 Å². The van der Waals surface area contributed by atoms with Crippen LogP contribution in [0.4, 0.5) is 23.7 Å². The third-order valence-electron chi connectivity index (χ3n) is 7.63. The molecule has 0 atom stereocenters. The molecule has 0 saturated heterocycles. The Hall–Kier alpha value is -4.39. The van der Waals surface area contributed by atoms with Gasteiger partial charge in [0.2, 0.25) is 0 Å². The maximum absolute atomic E-state index is 12.9. The highest BCUT2D eigenvalue weighted by Gasteiger charge is 2.47. The first-order valence-electron chi connectivity index (χ1n) is 15.2. The van der Waals surface area contributed by atoms with Crippen molar-refractivity contribution in [1.82, 2.24) is 19.6 Å². The zero-order valence-electron chi connectivity index (χ0n) is 26.0. The fraction of sp³-hybridized carbons (Fsp3) is 0.364. The molecular formula is C33H38F3N5O4S. The molecular weight excluding hydrogens is 619 g/mol. The predicted octanol–water partition coefficient (Wildman–Crippen LogP) is 7.01. The Bertz CT molecular complexity index is 1790. The number of imidazole rings is 1. The van der Waals surface area contributed by atoms with Gasteiger partial charge in [-0.05, 0) is 53.8 Å². The second-order valence-electron chi connectivity index (χ2n) is 10.9.